The molecule has 0 amide bonds. The van der Waals surface area contributed by atoms with E-state index in [1.165, 1.54) is 0 Å². The molecule has 0 radical (unpaired) electrons. The molecule has 1 atom stereocenters. The molecule has 22 heavy (non-hydrogen) atoms. The first-order valence-corrected chi connectivity index (χ1v) is 4.93. The van der Waals surface area contributed by atoms with Crippen LogP contribution in [0.2, 0.25) is 0 Å². The average Bonchev–Trinajstić information content (AvgIpc) is 2.33. The summed E-state index contributed by atoms with van der Waals surface area (Å²) in [5, 5.41) is 8.04. The van der Waals surface area contributed by atoms with Gasteiger partial charge < -0.3 is 9.84 Å². The third kappa shape index (κ3) is 3.07. The lowest BCUT2D eigenvalue weighted by Crippen LogP contribution is -2.68. The van der Waals surface area contributed by atoms with Gasteiger partial charge in [0.25, 0.3) is 6.36 Å². The lowest BCUT2D eigenvalue weighted by Gasteiger charge is -2.37. The van der Waals surface area contributed by atoms with Crippen molar-refractivity contribution in [1.29, 1.82) is 0 Å². The zero-order valence-electron chi connectivity index (χ0n) is 9.88. The van der Waals surface area contributed by atoms with Crippen LogP contribution in [0.1, 0.15) is 0 Å². The number of ether oxygens (including phenoxy) is 1. The van der Waals surface area contributed by atoms with E-state index >= 15 is 0 Å². The molecule has 0 aromatic rings. The van der Waals surface area contributed by atoms with Crippen molar-refractivity contribution in [2.24, 2.45) is 0 Å². The van der Waals surface area contributed by atoms with Gasteiger partial charge in [-0.3, -0.25) is 0 Å². The van der Waals surface area contributed by atoms with Gasteiger partial charge in [-0.05, 0) is 0 Å². The lowest BCUT2D eigenvalue weighted by molar-refractivity contribution is -0.435. The molecule has 0 fully saturated rings. The monoisotopic (exact) mass is 362 g/mol. The van der Waals surface area contributed by atoms with Gasteiger partial charge >= 0.3 is 29.9 Å². The van der Waals surface area contributed by atoms with E-state index in [0.717, 1.165) is 0 Å². The molecule has 0 aliphatic carbocycles. The first-order valence-electron chi connectivity index (χ1n) is 4.93. The van der Waals surface area contributed by atoms with Crippen LogP contribution in [0.25, 0.3) is 0 Å². The van der Waals surface area contributed by atoms with Crippen molar-refractivity contribution in [2.45, 2.75) is 36.2 Å². The van der Waals surface area contributed by atoms with Gasteiger partial charge in [-0.15, -0.1) is 0 Å². The predicted octanol–water partition coefficient (Wildman–Crippen LogP) is 3.39. The fourth-order valence-electron chi connectivity index (χ4n) is 0.988. The topological polar surface area (TPSA) is 29.5 Å². The minimum absolute atomic E-state index is 1.25. The van der Waals surface area contributed by atoms with E-state index in [1.54, 1.807) is 0 Å². The summed E-state index contributed by atoms with van der Waals surface area (Å²) in [6.07, 6.45) is -12.0. The Bertz CT molecular complexity index is 376. The van der Waals surface area contributed by atoms with E-state index in [1.807, 2.05) is 0 Å². The van der Waals surface area contributed by atoms with Gasteiger partial charge in [-0.2, -0.15) is 48.3 Å². The Balaban J connectivity index is 5.78. The fraction of sp³-hybridized carbons (Fsp3) is 1.00. The fourth-order valence-corrected chi connectivity index (χ4v) is 0.988. The van der Waals surface area contributed by atoms with E-state index < -0.39 is 49.4 Å². The van der Waals surface area contributed by atoms with Gasteiger partial charge in [0.15, 0.2) is 0 Å². The molecule has 14 heteroatoms. The van der Waals surface area contributed by atoms with Gasteiger partial charge in [0.05, 0.1) is 13.2 Å². The molecule has 0 aromatic heterocycles. The van der Waals surface area contributed by atoms with Gasteiger partial charge in [0, 0.05) is 0 Å². The van der Waals surface area contributed by atoms with Crippen LogP contribution in [-0.2, 0) is 4.74 Å². The van der Waals surface area contributed by atoms with Crippen LogP contribution in [0.4, 0.5) is 52.7 Å². The molecule has 0 aromatic carbocycles. The maximum absolute atomic E-state index is 12.8. The number of hydrogen-bond donors (Lipinski definition) is 1. The van der Waals surface area contributed by atoms with E-state index in [4.69, 9.17) is 5.11 Å². The van der Waals surface area contributed by atoms with Crippen molar-refractivity contribution in [2.75, 3.05) is 13.2 Å². The predicted molar refractivity (Wildman–Crippen MR) is 43.8 cm³/mol. The second-order valence-electron chi connectivity index (χ2n) is 3.75. The summed E-state index contributed by atoms with van der Waals surface area (Å²) in [6.45, 7) is -2.69. The number of aliphatic hydroxyl groups is 1. The second-order valence-corrected chi connectivity index (χ2v) is 3.75. The quantitative estimate of drug-likeness (QED) is 0.704. The SMILES string of the molecule is OCCOC(F)C(F)(F)C(F)(F)C(F)(F)C(F)(F)C(F)(F)F. The van der Waals surface area contributed by atoms with Crippen LogP contribution in [0, 0.1) is 0 Å². The summed E-state index contributed by atoms with van der Waals surface area (Å²) >= 11 is 0. The van der Waals surface area contributed by atoms with Crippen LogP contribution < -0.4 is 0 Å². The zero-order valence-corrected chi connectivity index (χ0v) is 9.88. The molecule has 0 aliphatic rings. The summed E-state index contributed by atoms with van der Waals surface area (Å²) in [6, 6.07) is 0. The summed E-state index contributed by atoms with van der Waals surface area (Å²) in [5.74, 6) is -29.5. The van der Waals surface area contributed by atoms with Crippen LogP contribution in [-0.4, -0.2) is 54.5 Å². The highest BCUT2D eigenvalue weighted by Gasteiger charge is 2.88. The molecular formula is C8H6F12O2. The van der Waals surface area contributed by atoms with Crippen LogP contribution in [0.3, 0.4) is 0 Å². The van der Waals surface area contributed by atoms with Crippen LogP contribution in [0.5, 0.6) is 0 Å². The largest absolute Gasteiger partial charge is 0.460 e. The second kappa shape index (κ2) is 5.94. The van der Waals surface area contributed by atoms with Gasteiger partial charge in [-0.25, -0.2) is 4.39 Å². The molecule has 1 unspecified atom stereocenters. The molecule has 0 rings (SSSR count). The van der Waals surface area contributed by atoms with Gasteiger partial charge in [0.1, 0.15) is 0 Å². The number of halogens is 12. The first-order chi connectivity index (χ1) is 9.48. The Hall–Kier alpha value is -0.920. The molecule has 0 heterocycles. The van der Waals surface area contributed by atoms with Crippen molar-refractivity contribution in [3.8, 4) is 0 Å². The summed E-state index contributed by atoms with van der Waals surface area (Å²) < 4.78 is 152. The van der Waals surface area contributed by atoms with E-state index in [0.29, 0.717) is 0 Å². The minimum atomic E-state index is -7.69. The molecular weight excluding hydrogens is 356 g/mol. The highest BCUT2D eigenvalue weighted by Crippen LogP contribution is 2.58. The maximum atomic E-state index is 12.8. The highest BCUT2D eigenvalue weighted by molar-refractivity contribution is 5.07. The Morgan fingerprint density at radius 2 is 1.14 bits per heavy atom. The average molecular weight is 362 g/mol. The third-order valence-electron chi connectivity index (χ3n) is 2.20. The Morgan fingerprint density at radius 3 is 1.45 bits per heavy atom. The highest BCUT2D eigenvalue weighted by atomic mass is 19.4. The third-order valence-corrected chi connectivity index (χ3v) is 2.20. The van der Waals surface area contributed by atoms with Crippen LogP contribution in [0.15, 0.2) is 0 Å². The normalized spacial score (nSPS) is 16.8. The Kier molecular flexibility index (Phi) is 5.69. The molecule has 1 N–H and O–H groups in total. The van der Waals surface area contributed by atoms with Crippen LogP contribution >= 0.6 is 0 Å². The molecule has 134 valence electrons. The molecule has 0 aliphatic heterocycles. The number of aliphatic hydroxyl groups excluding tert-OH is 1. The van der Waals surface area contributed by atoms with E-state index in [9.17, 15) is 52.7 Å². The summed E-state index contributed by atoms with van der Waals surface area (Å²) in [4.78, 5) is 0. The van der Waals surface area contributed by atoms with E-state index in [2.05, 4.69) is 4.74 Å². The summed E-state index contributed by atoms with van der Waals surface area (Å²) in [7, 11) is 0. The maximum Gasteiger partial charge on any atom is 0.460 e. The molecule has 2 nitrogen and oxygen atoms in total. The smallest absolute Gasteiger partial charge is 0.394 e. The minimum Gasteiger partial charge on any atom is -0.394 e. The van der Waals surface area contributed by atoms with Crippen molar-refractivity contribution >= 4 is 0 Å². The van der Waals surface area contributed by atoms with Crippen molar-refractivity contribution in [3.05, 3.63) is 0 Å². The molecule has 0 bridgehead atoms. The van der Waals surface area contributed by atoms with Gasteiger partial charge in [0.2, 0.25) is 0 Å². The summed E-state index contributed by atoms with van der Waals surface area (Å²) in [5.41, 5.74) is 0. The molecule has 0 saturated carbocycles. The number of rotatable bonds is 7. The molecule has 0 saturated heterocycles. The Morgan fingerprint density at radius 1 is 0.727 bits per heavy atom. The van der Waals surface area contributed by atoms with E-state index in [-0.39, 0.29) is 0 Å². The van der Waals surface area contributed by atoms with Crippen molar-refractivity contribution in [1.82, 2.24) is 0 Å². The zero-order chi connectivity index (χ0) is 18.2. The van der Waals surface area contributed by atoms with Gasteiger partial charge in [-0.1, -0.05) is 0 Å². The van der Waals surface area contributed by atoms with Crippen molar-refractivity contribution < 1.29 is 62.5 Å². The lowest BCUT2D eigenvalue weighted by atomic mass is 9.98. The Labute approximate surface area is 113 Å². The molecule has 0 spiro atoms. The number of alkyl halides is 12. The van der Waals surface area contributed by atoms with Crippen molar-refractivity contribution in [3.63, 3.8) is 0 Å². The standard InChI is InChI=1S/C8H6F12O2/c9-3(22-2-1-21)4(10,11)5(12,13)6(14,15)7(16,17)8(18,19)20/h3,21H,1-2H2. The number of hydrogen-bond acceptors (Lipinski definition) is 2. The first kappa shape index (κ1) is 21.1.